The van der Waals surface area contributed by atoms with E-state index in [1.54, 1.807) is 6.92 Å². The highest BCUT2D eigenvalue weighted by atomic mass is 35.5. The Morgan fingerprint density at radius 3 is 2.50 bits per heavy atom. The summed E-state index contributed by atoms with van der Waals surface area (Å²) in [5.41, 5.74) is 5.16. The fourth-order valence-electron chi connectivity index (χ4n) is 0.757. The maximum Gasteiger partial charge on any atom is 0.307 e. The maximum atomic E-state index is 10.8. The molecule has 0 rings (SSSR count). The predicted octanol–water partition coefficient (Wildman–Crippen LogP) is -0.174. The van der Waals surface area contributed by atoms with Crippen LogP contribution in [0.2, 0.25) is 0 Å². The Hall–Kier alpha value is -0.810. The van der Waals surface area contributed by atoms with Gasteiger partial charge >= 0.3 is 5.97 Å². The molecular formula is C8H17ClN2O3. The van der Waals surface area contributed by atoms with Crippen LogP contribution in [-0.4, -0.2) is 31.6 Å². The molecule has 0 aliphatic heterocycles. The van der Waals surface area contributed by atoms with Crippen molar-refractivity contribution in [1.82, 2.24) is 5.32 Å². The van der Waals surface area contributed by atoms with Crippen LogP contribution in [0, 0.1) is 0 Å². The molecule has 0 saturated heterocycles. The molecule has 0 radical (unpaired) electrons. The Morgan fingerprint density at radius 1 is 1.36 bits per heavy atom. The zero-order chi connectivity index (χ0) is 10.1. The third-order valence-corrected chi connectivity index (χ3v) is 1.33. The van der Waals surface area contributed by atoms with Crippen molar-refractivity contribution in [3.63, 3.8) is 0 Å². The fraction of sp³-hybridized carbons (Fsp3) is 0.750. The molecule has 0 aromatic rings. The quantitative estimate of drug-likeness (QED) is 0.614. The predicted molar refractivity (Wildman–Crippen MR) is 55.2 cm³/mol. The zero-order valence-corrected chi connectivity index (χ0v) is 9.06. The Bertz CT molecular complexity index is 158. The van der Waals surface area contributed by atoms with E-state index in [4.69, 9.17) is 5.73 Å². The number of nitrogens with two attached hydrogens (primary N) is 1. The van der Waals surface area contributed by atoms with Crippen molar-refractivity contribution < 1.29 is 14.3 Å². The molecule has 0 bridgehead atoms. The number of rotatable bonds is 6. The fourth-order valence-corrected chi connectivity index (χ4v) is 0.757. The summed E-state index contributed by atoms with van der Waals surface area (Å²) in [7, 11) is 0. The topological polar surface area (TPSA) is 81.4 Å². The Morgan fingerprint density at radius 2 is 2.00 bits per heavy atom. The maximum absolute atomic E-state index is 10.8. The molecule has 5 nitrogen and oxygen atoms in total. The van der Waals surface area contributed by atoms with E-state index >= 15 is 0 Å². The van der Waals surface area contributed by atoms with Crippen LogP contribution in [0.4, 0.5) is 0 Å². The van der Waals surface area contributed by atoms with E-state index in [0.29, 0.717) is 26.1 Å². The van der Waals surface area contributed by atoms with Gasteiger partial charge in [0.05, 0.1) is 13.0 Å². The van der Waals surface area contributed by atoms with Gasteiger partial charge in [-0.05, 0) is 6.92 Å². The molecule has 0 heterocycles. The summed E-state index contributed by atoms with van der Waals surface area (Å²) in [6.07, 6.45) is 0.507. The van der Waals surface area contributed by atoms with Crippen LogP contribution in [0.3, 0.4) is 0 Å². The molecule has 84 valence electrons. The van der Waals surface area contributed by atoms with Crippen LogP contribution in [0.5, 0.6) is 0 Å². The lowest BCUT2D eigenvalue weighted by molar-refractivity contribution is -0.143. The molecule has 6 heteroatoms. The first-order valence-electron chi connectivity index (χ1n) is 4.33. The van der Waals surface area contributed by atoms with E-state index in [1.165, 1.54) is 0 Å². The number of hydrogen-bond donors (Lipinski definition) is 2. The first kappa shape index (κ1) is 15.7. The Balaban J connectivity index is 0. The Labute approximate surface area is 89.8 Å². The normalized spacial score (nSPS) is 8.71. The van der Waals surface area contributed by atoms with E-state index in [0.717, 1.165) is 0 Å². The molecule has 0 saturated carbocycles. The van der Waals surface area contributed by atoms with Gasteiger partial charge in [0.25, 0.3) is 0 Å². The van der Waals surface area contributed by atoms with Gasteiger partial charge in [0, 0.05) is 19.5 Å². The van der Waals surface area contributed by atoms with Crippen molar-refractivity contribution in [2.24, 2.45) is 5.73 Å². The lowest BCUT2D eigenvalue weighted by atomic mass is 10.3. The van der Waals surface area contributed by atoms with Gasteiger partial charge in [-0.25, -0.2) is 0 Å². The SMILES string of the molecule is CCOC(=O)CCNC(=O)CCN.Cl. The summed E-state index contributed by atoms with van der Waals surface area (Å²) < 4.78 is 4.67. The van der Waals surface area contributed by atoms with Gasteiger partial charge in [0.2, 0.25) is 5.91 Å². The van der Waals surface area contributed by atoms with Gasteiger partial charge in [-0.2, -0.15) is 0 Å². The van der Waals surface area contributed by atoms with Gasteiger partial charge in [0.1, 0.15) is 0 Å². The van der Waals surface area contributed by atoms with Crippen LogP contribution >= 0.6 is 12.4 Å². The standard InChI is InChI=1S/C8H16N2O3.ClH/c1-2-13-8(12)4-6-10-7(11)3-5-9;/h2-6,9H2,1H3,(H,10,11);1H. The van der Waals surface area contributed by atoms with Gasteiger partial charge in [-0.3, -0.25) is 9.59 Å². The molecular weight excluding hydrogens is 208 g/mol. The molecule has 0 aliphatic carbocycles. The van der Waals surface area contributed by atoms with Crippen LogP contribution in [-0.2, 0) is 14.3 Å². The number of amides is 1. The van der Waals surface area contributed by atoms with Crippen LogP contribution in [0.25, 0.3) is 0 Å². The lowest BCUT2D eigenvalue weighted by Crippen LogP contribution is -2.28. The largest absolute Gasteiger partial charge is 0.466 e. The number of halogens is 1. The number of carbonyl (C=O) groups excluding carboxylic acids is 2. The number of hydrogen-bond acceptors (Lipinski definition) is 4. The molecule has 0 unspecified atom stereocenters. The van der Waals surface area contributed by atoms with Crippen molar-refractivity contribution >= 4 is 24.3 Å². The van der Waals surface area contributed by atoms with Gasteiger partial charge < -0.3 is 15.8 Å². The molecule has 0 aliphatic rings. The summed E-state index contributed by atoms with van der Waals surface area (Å²) >= 11 is 0. The zero-order valence-electron chi connectivity index (χ0n) is 8.25. The average Bonchev–Trinajstić information content (AvgIpc) is 2.05. The highest BCUT2D eigenvalue weighted by Gasteiger charge is 2.02. The first-order valence-corrected chi connectivity index (χ1v) is 4.33. The van der Waals surface area contributed by atoms with Gasteiger partial charge in [-0.15, -0.1) is 12.4 Å². The molecule has 0 fully saturated rings. The van der Waals surface area contributed by atoms with Crippen molar-refractivity contribution in [1.29, 1.82) is 0 Å². The van der Waals surface area contributed by atoms with E-state index in [2.05, 4.69) is 10.1 Å². The van der Waals surface area contributed by atoms with Crippen molar-refractivity contribution in [2.45, 2.75) is 19.8 Å². The van der Waals surface area contributed by atoms with Crippen LogP contribution in [0.15, 0.2) is 0 Å². The second kappa shape index (κ2) is 10.3. The molecule has 0 aromatic carbocycles. The van der Waals surface area contributed by atoms with E-state index in [1.807, 2.05) is 0 Å². The second-order valence-electron chi connectivity index (χ2n) is 2.44. The van der Waals surface area contributed by atoms with Crippen molar-refractivity contribution in [3.8, 4) is 0 Å². The number of ether oxygens (including phenoxy) is 1. The molecule has 3 N–H and O–H groups in total. The number of nitrogens with one attached hydrogen (secondary N) is 1. The van der Waals surface area contributed by atoms with E-state index in [-0.39, 0.29) is 30.7 Å². The molecule has 1 amide bonds. The minimum Gasteiger partial charge on any atom is -0.466 e. The second-order valence-corrected chi connectivity index (χ2v) is 2.44. The lowest BCUT2D eigenvalue weighted by Gasteiger charge is -2.03. The van der Waals surface area contributed by atoms with E-state index < -0.39 is 0 Å². The van der Waals surface area contributed by atoms with Gasteiger partial charge in [0.15, 0.2) is 0 Å². The third-order valence-electron chi connectivity index (χ3n) is 1.33. The van der Waals surface area contributed by atoms with Crippen LogP contribution in [0.1, 0.15) is 19.8 Å². The average molecular weight is 225 g/mol. The minimum atomic E-state index is -0.296. The Kier molecular flexibility index (Phi) is 11.5. The molecule has 0 aromatic heterocycles. The summed E-state index contributed by atoms with van der Waals surface area (Å²) in [6.45, 7) is 2.75. The van der Waals surface area contributed by atoms with Crippen molar-refractivity contribution in [2.75, 3.05) is 19.7 Å². The summed E-state index contributed by atoms with van der Waals surface area (Å²) in [5, 5.41) is 2.55. The summed E-state index contributed by atoms with van der Waals surface area (Å²) in [5.74, 6) is -0.428. The number of esters is 1. The minimum absolute atomic E-state index is 0. The molecule has 0 spiro atoms. The monoisotopic (exact) mass is 224 g/mol. The summed E-state index contributed by atoms with van der Waals surface area (Å²) in [6, 6.07) is 0. The van der Waals surface area contributed by atoms with Gasteiger partial charge in [-0.1, -0.05) is 0 Å². The highest BCUT2D eigenvalue weighted by Crippen LogP contribution is 1.84. The van der Waals surface area contributed by atoms with Crippen molar-refractivity contribution in [3.05, 3.63) is 0 Å². The highest BCUT2D eigenvalue weighted by molar-refractivity contribution is 5.85. The number of carbonyl (C=O) groups is 2. The molecule has 0 atom stereocenters. The third kappa shape index (κ3) is 9.28. The molecule has 14 heavy (non-hydrogen) atoms. The van der Waals surface area contributed by atoms with Crippen LogP contribution < -0.4 is 11.1 Å². The smallest absolute Gasteiger partial charge is 0.307 e. The summed E-state index contributed by atoms with van der Waals surface area (Å²) in [4.78, 5) is 21.6. The van der Waals surface area contributed by atoms with E-state index in [9.17, 15) is 9.59 Å². The first-order chi connectivity index (χ1) is 6.20.